The third kappa shape index (κ3) is 5.30. The van der Waals surface area contributed by atoms with Crippen molar-refractivity contribution in [3.8, 4) is 16.8 Å². The van der Waals surface area contributed by atoms with Crippen LogP contribution in [-0.4, -0.2) is 26.8 Å². The van der Waals surface area contributed by atoms with E-state index in [0.717, 1.165) is 21.9 Å². The van der Waals surface area contributed by atoms with E-state index in [4.69, 9.17) is 11.6 Å². The molecule has 4 rings (SSSR count). The van der Waals surface area contributed by atoms with Crippen molar-refractivity contribution in [3.05, 3.63) is 111 Å². The fraction of sp³-hybridized carbons (Fsp3) is 0.0800. The monoisotopic (exact) mass is 497 g/mol. The van der Waals surface area contributed by atoms with Gasteiger partial charge in [0.05, 0.1) is 17.5 Å². The first-order valence-corrected chi connectivity index (χ1v) is 10.8. The van der Waals surface area contributed by atoms with E-state index in [1.54, 1.807) is 36.4 Å². The Balaban J connectivity index is 1.58. The minimum absolute atomic E-state index is 0.167. The lowest BCUT2D eigenvalue weighted by atomic mass is 9.99. The van der Waals surface area contributed by atoms with E-state index in [1.165, 1.54) is 30.3 Å². The van der Waals surface area contributed by atoms with Crippen LogP contribution in [0.3, 0.4) is 0 Å². The largest absolute Gasteiger partial charge is 0.481 e. The van der Waals surface area contributed by atoms with Crippen LogP contribution in [0.15, 0.2) is 77.6 Å². The summed E-state index contributed by atoms with van der Waals surface area (Å²) in [5.74, 6) is -3.10. The van der Waals surface area contributed by atoms with Crippen molar-refractivity contribution >= 4 is 23.5 Å². The number of aromatic nitrogens is 2. The molecular weight excluding hydrogens is 480 g/mol. The van der Waals surface area contributed by atoms with Crippen molar-refractivity contribution in [1.29, 1.82) is 0 Å². The molecular formula is C25H18ClF2N3O4. The zero-order valence-corrected chi connectivity index (χ0v) is 18.7. The smallest absolute Gasteiger partial charge is 0.305 e. The molecule has 0 aliphatic carbocycles. The SMILES string of the molecule is O=C(O)CC(NC(=O)c1cc(=O)n(-c2cccc(Cl)c2F)[nH]1)c1ccc(-c2ccc(F)cc2)cc1. The molecule has 3 aromatic carbocycles. The second kappa shape index (κ2) is 9.94. The number of H-pyrrole nitrogens is 1. The molecule has 1 unspecified atom stereocenters. The quantitative estimate of drug-likeness (QED) is 0.344. The zero-order chi connectivity index (χ0) is 25.1. The van der Waals surface area contributed by atoms with Crippen LogP contribution >= 0.6 is 11.6 Å². The molecule has 35 heavy (non-hydrogen) atoms. The maximum absolute atomic E-state index is 14.3. The van der Waals surface area contributed by atoms with Gasteiger partial charge in [0.15, 0.2) is 5.82 Å². The van der Waals surface area contributed by atoms with Crippen molar-refractivity contribution in [3.63, 3.8) is 0 Å². The summed E-state index contributed by atoms with van der Waals surface area (Å²) in [6.45, 7) is 0. The number of amides is 1. The van der Waals surface area contributed by atoms with Gasteiger partial charge in [-0.1, -0.05) is 54.1 Å². The number of carbonyl (C=O) groups is 2. The number of nitrogens with one attached hydrogen (secondary N) is 2. The lowest BCUT2D eigenvalue weighted by Gasteiger charge is -2.17. The Morgan fingerprint density at radius 2 is 1.63 bits per heavy atom. The van der Waals surface area contributed by atoms with Crippen molar-refractivity contribution < 1.29 is 23.5 Å². The average Bonchev–Trinajstić information content (AvgIpc) is 3.22. The van der Waals surface area contributed by atoms with Crippen LogP contribution in [0.25, 0.3) is 16.8 Å². The zero-order valence-electron chi connectivity index (χ0n) is 18.0. The molecule has 10 heteroatoms. The molecule has 0 aliphatic rings. The number of hydrogen-bond acceptors (Lipinski definition) is 3. The highest BCUT2D eigenvalue weighted by atomic mass is 35.5. The van der Waals surface area contributed by atoms with Gasteiger partial charge in [-0.05, 0) is 41.0 Å². The molecule has 178 valence electrons. The minimum atomic E-state index is -1.15. The topological polar surface area (TPSA) is 104 Å². The number of carbonyl (C=O) groups excluding carboxylic acids is 1. The molecule has 0 spiro atoms. The first-order valence-electron chi connectivity index (χ1n) is 10.4. The molecule has 1 aromatic heterocycles. The molecule has 0 saturated carbocycles. The maximum atomic E-state index is 14.3. The second-order valence-electron chi connectivity index (χ2n) is 7.67. The molecule has 0 aliphatic heterocycles. The van der Waals surface area contributed by atoms with Gasteiger partial charge in [0.25, 0.3) is 11.5 Å². The van der Waals surface area contributed by atoms with Crippen LogP contribution < -0.4 is 10.9 Å². The van der Waals surface area contributed by atoms with Gasteiger partial charge in [-0.3, -0.25) is 19.5 Å². The summed E-state index contributed by atoms with van der Waals surface area (Å²) in [5.41, 5.74) is 1.000. The Morgan fingerprint density at radius 1 is 1.00 bits per heavy atom. The van der Waals surface area contributed by atoms with E-state index in [9.17, 15) is 28.3 Å². The fourth-order valence-electron chi connectivity index (χ4n) is 3.57. The number of benzene rings is 3. The van der Waals surface area contributed by atoms with Gasteiger partial charge < -0.3 is 10.4 Å². The number of aliphatic carboxylic acids is 1. The van der Waals surface area contributed by atoms with E-state index in [2.05, 4.69) is 10.4 Å². The van der Waals surface area contributed by atoms with Gasteiger partial charge in [-0.15, -0.1) is 0 Å². The summed E-state index contributed by atoms with van der Waals surface area (Å²) < 4.78 is 28.3. The second-order valence-corrected chi connectivity index (χ2v) is 8.08. The standard InChI is InChI=1S/C25H18ClF2N3O4/c26-18-2-1-3-21(24(18)28)31-22(32)12-20(30-31)25(35)29-19(13-23(33)34)16-6-4-14(5-7-16)15-8-10-17(27)11-9-15/h1-12,19,30H,13H2,(H,29,35)(H,33,34). The van der Waals surface area contributed by atoms with Gasteiger partial charge in [0.1, 0.15) is 17.2 Å². The van der Waals surface area contributed by atoms with Crippen LogP contribution in [0, 0.1) is 11.6 Å². The number of nitrogens with zero attached hydrogens (tertiary/aromatic N) is 1. The van der Waals surface area contributed by atoms with E-state index < -0.39 is 35.7 Å². The van der Waals surface area contributed by atoms with E-state index >= 15 is 0 Å². The minimum Gasteiger partial charge on any atom is -0.481 e. The summed E-state index contributed by atoms with van der Waals surface area (Å²) in [6, 6.07) is 16.8. The first-order chi connectivity index (χ1) is 16.7. The number of carboxylic acid groups (broad SMARTS) is 1. The lowest BCUT2D eigenvalue weighted by Crippen LogP contribution is -2.30. The van der Waals surface area contributed by atoms with Gasteiger partial charge in [-0.2, -0.15) is 0 Å². The van der Waals surface area contributed by atoms with Crippen LogP contribution in [0.1, 0.15) is 28.5 Å². The highest BCUT2D eigenvalue weighted by molar-refractivity contribution is 6.30. The molecule has 1 amide bonds. The van der Waals surface area contributed by atoms with Gasteiger partial charge in [-0.25, -0.2) is 13.5 Å². The summed E-state index contributed by atoms with van der Waals surface area (Å²) in [7, 11) is 0. The predicted molar refractivity (Wildman–Crippen MR) is 126 cm³/mol. The summed E-state index contributed by atoms with van der Waals surface area (Å²) in [6.07, 6.45) is -0.421. The van der Waals surface area contributed by atoms with Gasteiger partial charge in [0.2, 0.25) is 0 Å². The molecule has 0 fully saturated rings. The number of carboxylic acids is 1. The summed E-state index contributed by atoms with van der Waals surface area (Å²) in [4.78, 5) is 36.6. The molecule has 0 bridgehead atoms. The maximum Gasteiger partial charge on any atom is 0.305 e. The van der Waals surface area contributed by atoms with Crippen LogP contribution in [0.5, 0.6) is 0 Å². The highest BCUT2D eigenvalue weighted by Crippen LogP contribution is 2.24. The van der Waals surface area contributed by atoms with Crippen molar-refractivity contribution in [1.82, 2.24) is 15.1 Å². The molecule has 0 saturated heterocycles. The summed E-state index contributed by atoms with van der Waals surface area (Å²) >= 11 is 5.77. The van der Waals surface area contributed by atoms with Crippen LogP contribution in [-0.2, 0) is 4.79 Å². The number of rotatable bonds is 7. The van der Waals surface area contributed by atoms with Crippen LogP contribution in [0.2, 0.25) is 5.02 Å². The van der Waals surface area contributed by atoms with Gasteiger partial charge in [0, 0.05) is 6.07 Å². The molecule has 4 aromatic rings. The Labute approximate surface area is 202 Å². The van der Waals surface area contributed by atoms with Crippen molar-refractivity contribution in [2.75, 3.05) is 0 Å². The first kappa shape index (κ1) is 23.9. The van der Waals surface area contributed by atoms with Crippen molar-refractivity contribution in [2.24, 2.45) is 0 Å². The molecule has 3 N–H and O–H groups in total. The Bertz CT molecular complexity index is 1450. The Kier molecular flexibility index (Phi) is 6.79. The fourth-order valence-corrected chi connectivity index (χ4v) is 3.74. The van der Waals surface area contributed by atoms with E-state index in [0.29, 0.717) is 5.56 Å². The van der Waals surface area contributed by atoms with E-state index in [1.807, 2.05) is 0 Å². The Hall–Kier alpha value is -4.24. The lowest BCUT2D eigenvalue weighted by molar-refractivity contribution is -0.137. The summed E-state index contributed by atoms with van der Waals surface area (Å²) in [5, 5.41) is 14.3. The number of hydrogen-bond donors (Lipinski definition) is 3. The molecule has 1 heterocycles. The predicted octanol–water partition coefficient (Wildman–Crippen LogP) is 4.71. The number of halogens is 3. The average molecular weight is 498 g/mol. The molecule has 1 atom stereocenters. The number of aromatic amines is 1. The highest BCUT2D eigenvalue weighted by Gasteiger charge is 2.22. The van der Waals surface area contributed by atoms with Crippen LogP contribution in [0.4, 0.5) is 8.78 Å². The van der Waals surface area contributed by atoms with Crippen molar-refractivity contribution in [2.45, 2.75) is 12.5 Å². The molecule has 7 nitrogen and oxygen atoms in total. The Morgan fingerprint density at radius 3 is 2.26 bits per heavy atom. The van der Waals surface area contributed by atoms with Gasteiger partial charge >= 0.3 is 5.97 Å². The molecule has 0 radical (unpaired) electrons. The third-order valence-electron chi connectivity index (χ3n) is 5.31. The third-order valence-corrected chi connectivity index (χ3v) is 5.60. The normalized spacial score (nSPS) is 11.7. The van der Waals surface area contributed by atoms with E-state index in [-0.39, 0.29) is 22.2 Å².